The molecule has 0 unspecified atom stereocenters. The molecule has 0 spiro atoms. The molecular formula is C57H62N6. The van der Waals surface area contributed by atoms with E-state index in [4.69, 9.17) is 9.97 Å². The number of rotatable bonds is 4. The number of fused-ring (bicyclic) bond motifs is 7. The third-order valence-corrected chi connectivity index (χ3v) is 14.4. The molecule has 0 saturated carbocycles. The maximum Gasteiger partial charge on any atom is 0.174 e. The van der Waals surface area contributed by atoms with E-state index < -0.39 is 11.0 Å². The van der Waals surface area contributed by atoms with Crippen LogP contribution in [-0.4, -0.2) is 33.9 Å². The summed E-state index contributed by atoms with van der Waals surface area (Å²) in [6, 6.07) is 40.6. The van der Waals surface area contributed by atoms with Crippen LogP contribution < -0.4 is 9.80 Å². The van der Waals surface area contributed by atoms with Gasteiger partial charge in [-0.05, 0) is 106 Å². The van der Waals surface area contributed by atoms with Crippen LogP contribution in [0.25, 0.3) is 22.3 Å². The van der Waals surface area contributed by atoms with Gasteiger partial charge >= 0.3 is 0 Å². The Labute approximate surface area is 374 Å². The first-order chi connectivity index (χ1) is 29.7. The van der Waals surface area contributed by atoms with Crippen LogP contribution in [0.5, 0.6) is 0 Å². The van der Waals surface area contributed by atoms with Crippen LogP contribution in [0.15, 0.2) is 122 Å². The van der Waals surface area contributed by atoms with E-state index in [9.17, 15) is 0 Å². The number of hydrogen-bond acceptors (Lipinski definition) is 5. The van der Waals surface area contributed by atoms with Gasteiger partial charge < -0.3 is 9.80 Å². The molecule has 3 aliphatic rings. The Hall–Kier alpha value is -6.01. The van der Waals surface area contributed by atoms with E-state index in [1.807, 2.05) is 18.6 Å². The highest BCUT2D eigenvalue weighted by molar-refractivity contribution is 5.90. The van der Waals surface area contributed by atoms with Crippen LogP contribution >= 0.6 is 0 Å². The molecule has 0 radical (unpaired) electrons. The summed E-state index contributed by atoms with van der Waals surface area (Å²) < 4.78 is 0. The van der Waals surface area contributed by atoms with Gasteiger partial charge in [-0.3, -0.25) is 5.10 Å². The highest BCUT2D eigenvalue weighted by Crippen LogP contribution is 2.60. The lowest BCUT2D eigenvalue weighted by Crippen LogP contribution is -2.48. The van der Waals surface area contributed by atoms with Gasteiger partial charge in [0.25, 0.3) is 0 Å². The normalized spacial score (nSPS) is 16.1. The summed E-state index contributed by atoms with van der Waals surface area (Å²) in [5.41, 5.74) is 17.6. The predicted octanol–water partition coefficient (Wildman–Crippen LogP) is 12.9. The molecule has 0 amide bonds. The third kappa shape index (κ3) is 5.92. The summed E-state index contributed by atoms with van der Waals surface area (Å²) in [6.45, 7) is 28.3. The molecule has 0 atom stereocenters. The molecule has 320 valence electrons. The van der Waals surface area contributed by atoms with Crippen LogP contribution in [0.2, 0.25) is 0 Å². The predicted molar refractivity (Wildman–Crippen MR) is 260 cm³/mol. The molecule has 2 aliphatic carbocycles. The van der Waals surface area contributed by atoms with Crippen molar-refractivity contribution >= 4 is 11.6 Å². The Morgan fingerprint density at radius 1 is 0.460 bits per heavy atom. The van der Waals surface area contributed by atoms with Crippen LogP contribution in [0, 0.1) is 0 Å². The van der Waals surface area contributed by atoms with Crippen LogP contribution in [0.4, 0.5) is 11.6 Å². The summed E-state index contributed by atoms with van der Waals surface area (Å²) in [5.74, 6) is 1.78. The SMILES string of the molecule is CN1CN(C2(c3ccc(C4(c5ccn[nH]5)c5ccc(C(C)(C)C)cc5-c5cc(C(C)(C)C)ccc54)cc3)c3ccc(C(C)(C)C)cc3-c3cc(C(C)(C)C)ccc32)c2nccnc21. The Morgan fingerprint density at radius 3 is 1.27 bits per heavy atom. The number of H-pyrrole nitrogens is 1. The van der Waals surface area contributed by atoms with E-state index in [0.717, 1.165) is 17.3 Å². The Bertz CT molecular complexity index is 2800. The molecule has 3 heterocycles. The Balaban J connectivity index is 1.26. The molecule has 1 N–H and O–H groups in total. The topological polar surface area (TPSA) is 60.9 Å². The molecule has 5 aromatic carbocycles. The fraction of sp³-hybridized carbons (Fsp3) is 0.351. The van der Waals surface area contributed by atoms with E-state index in [1.54, 1.807) is 0 Å². The lowest BCUT2D eigenvalue weighted by atomic mass is 9.68. The standard InChI is InChI=1S/C57H62N6/c1-52(2,3)37-18-22-45-41(30-37)42-31-38(53(4,5)6)19-23-46(42)56(45,49-26-27-60-61-49)35-14-16-36(17-15-35)57(63-34-62(13)50-51(63)59-29-28-58-50)47-24-20-39(54(7,8)9)32-43(47)44-33-40(55(10,11)12)21-25-48(44)57/h14-33H,34H2,1-13H3,(H,60,61). The molecule has 0 saturated heterocycles. The quantitative estimate of drug-likeness (QED) is 0.191. The Morgan fingerprint density at radius 2 is 0.857 bits per heavy atom. The maximum atomic E-state index is 5.10. The zero-order valence-corrected chi connectivity index (χ0v) is 39.5. The van der Waals surface area contributed by atoms with Gasteiger partial charge in [0.15, 0.2) is 11.6 Å². The molecule has 63 heavy (non-hydrogen) atoms. The van der Waals surface area contributed by atoms with Crippen LogP contribution in [-0.2, 0) is 32.6 Å². The molecule has 7 aromatic rings. The number of nitrogens with one attached hydrogen (secondary N) is 1. The second-order valence-electron chi connectivity index (χ2n) is 22.5. The molecular weight excluding hydrogens is 769 g/mol. The first-order valence-electron chi connectivity index (χ1n) is 22.7. The number of hydrogen-bond donors (Lipinski definition) is 1. The maximum absolute atomic E-state index is 5.10. The summed E-state index contributed by atoms with van der Waals surface area (Å²) >= 11 is 0. The van der Waals surface area contributed by atoms with E-state index in [-0.39, 0.29) is 21.7 Å². The second kappa shape index (κ2) is 13.5. The van der Waals surface area contributed by atoms with Gasteiger partial charge in [-0.15, -0.1) is 0 Å². The van der Waals surface area contributed by atoms with Gasteiger partial charge in [-0.2, -0.15) is 5.10 Å². The van der Waals surface area contributed by atoms with Crippen LogP contribution in [0.3, 0.4) is 0 Å². The molecule has 1 aliphatic heterocycles. The molecule has 10 rings (SSSR count). The van der Waals surface area contributed by atoms with Crippen molar-refractivity contribution in [3.8, 4) is 22.3 Å². The zero-order valence-electron chi connectivity index (χ0n) is 39.5. The number of nitrogens with zero attached hydrogens (tertiary/aromatic N) is 5. The van der Waals surface area contributed by atoms with Crippen molar-refractivity contribution in [1.29, 1.82) is 0 Å². The van der Waals surface area contributed by atoms with E-state index in [0.29, 0.717) is 6.67 Å². The largest absolute Gasteiger partial charge is 0.339 e. The van der Waals surface area contributed by atoms with Crippen molar-refractivity contribution in [2.24, 2.45) is 0 Å². The van der Waals surface area contributed by atoms with Gasteiger partial charge in [0, 0.05) is 25.6 Å². The summed E-state index contributed by atoms with van der Waals surface area (Å²) in [5, 5.41) is 8.13. The molecule has 2 aromatic heterocycles. The van der Waals surface area contributed by atoms with E-state index in [2.05, 4.69) is 213 Å². The van der Waals surface area contributed by atoms with Crippen molar-refractivity contribution in [3.63, 3.8) is 0 Å². The van der Waals surface area contributed by atoms with Crippen LogP contribution in [0.1, 0.15) is 144 Å². The fourth-order valence-corrected chi connectivity index (χ4v) is 10.8. The number of aromatic amines is 1. The van der Waals surface area contributed by atoms with Gasteiger partial charge in [0.05, 0.1) is 17.8 Å². The van der Waals surface area contributed by atoms with Crippen molar-refractivity contribution < 1.29 is 0 Å². The monoisotopic (exact) mass is 831 g/mol. The number of anilines is 2. The molecule has 0 fully saturated rings. The smallest absolute Gasteiger partial charge is 0.174 e. The molecule has 6 heteroatoms. The van der Waals surface area contributed by atoms with Crippen molar-refractivity contribution in [2.45, 2.75) is 116 Å². The zero-order chi connectivity index (χ0) is 44.6. The highest BCUT2D eigenvalue weighted by atomic mass is 15.4. The van der Waals surface area contributed by atoms with Gasteiger partial charge in [-0.1, -0.05) is 180 Å². The van der Waals surface area contributed by atoms with Gasteiger partial charge in [0.2, 0.25) is 0 Å². The lowest BCUT2D eigenvalue weighted by Gasteiger charge is -2.42. The first-order valence-corrected chi connectivity index (χ1v) is 22.7. The van der Waals surface area contributed by atoms with E-state index >= 15 is 0 Å². The summed E-state index contributed by atoms with van der Waals surface area (Å²) in [4.78, 5) is 14.7. The van der Waals surface area contributed by atoms with Crippen molar-refractivity contribution in [3.05, 3.63) is 183 Å². The van der Waals surface area contributed by atoms with E-state index in [1.165, 1.54) is 77.9 Å². The highest BCUT2D eigenvalue weighted by Gasteiger charge is 2.54. The van der Waals surface area contributed by atoms with Crippen molar-refractivity contribution in [2.75, 3.05) is 23.5 Å². The minimum atomic E-state index is -0.707. The number of benzene rings is 5. The second-order valence-corrected chi connectivity index (χ2v) is 22.5. The average molecular weight is 831 g/mol. The molecule has 6 nitrogen and oxygen atoms in total. The minimum Gasteiger partial charge on any atom is -0.339 e. The van der Waals surface area contributed by atoms with Gasteiger partial charge in [0.1, 0.15) is 5.54 Å². The first kappa shape index (κ1) is 41.0. The Kier molecular flexibility index (Phi) is 8.79. The fourth-order valence-electron chi connectivity index (χ4n) is 10.8. The summed E-state index contributed by atoms with van der Waals surface area (Å²) in [7, 11) is 2.13. The number of aromatic nitrogens is 4. The van der Waals surface area contributed by atoms with Crippen molar-refractivity contribution in [1.82, 2.24) is 20.2 Å². The molecule has 0 bridgehead atoms. The third-order valence-electron chi connectivity index (χ3n) is 14.4. The summed E-state index contributed by atoms with van der Waals surface area (Å²) in [6.07, 6.45) is 5.55. The lowest BCUT2D eigenvalue weighted by molar-refractivity contribution is 0.571. The minimum absolute atomic E-state index is 0.00612. The average Bonchev–Trinajstić information content (AvgIpc) is 4.01. The van der Waals surface area contributed by atoms with Gasteiger partial charge in [-0.25, -0.2) is 9.97 Å².